The molecule has 11 unspecified atom stereocenters. The molecule has 0 aromatic carbocycles. The van der Waals surface area contributed by atoms with Crippen molar-refractivity contribution < 1.29 is 0 Å². The Hall–Kier alpha value is 0. The second kappa shape index (κ2) is 90.2. The monoisotopic (exact) mass is 799 g/mol. The van der Waals surface area contributed by atoms with Crippen LogP contribution in [-0.4, -0.2) is 0 Å². The number of hydrogen-bond donors (Lipinski definition) is 0. The highest BCUT2D eigenvalue weighted by molar-refractivity contribution is 4.90. The SMILES string of the molecule is CC.CC.CC.CC.CC.CC.CC.CC.CC.CC.CC.CC.CC.CCC(C)C(C)C(C)C(C)C(C)C(C)C(C)(C)C(C)C(C)C(C)C(C)C(C)CC. The van der Waals surface area contributed by atoms with Crippen LogP contribution in [0.25, 0.3) is 0 Å². The molecule has 0 aliphatic heterocycles. The van der Waals surface area contributed by atoms with Gasteiger partial charge in [0.05, 0.1) is 0 Å². The Kier molecular flexibility index (Phi) is 157. The molecule has 55 heavy (non-hydrogen) atoms. The van der Waals surface area contributed by atoms with Crippen molar-refractivity contribution in [1.29, 1.82) is 0 Å². The van der Waals surface area contributed by atoms with Gasteiger partial charge >= 0.3 is 0 Å². The molecule has 0 heterocycles. The van der Waals surface area contributed by atoms with Crippen molar-refractivity contribution in [2.24, 2.45) is 70.5 Å². The summed E-state index contributed by atoms with van der Waals surface area (Å²) in [5.41, 5.74) is 0.357. The van der Waals surface area contributed by atoms with Crippen LogP contribution in [0.15, 0.2) is 0 Å². The van der Waals surface area contributed by atoms with E-state index < -0.39 is 0 Å². The van der Waals surface area contributed by atoms with Gasteiger partial charge in [-0.3, -0.25) is 0 Å². The highest BCUT2D eigenvalue weighted by Gasteiger charge is 2.42. The first-order valence-electron chi connectivity index (χ1n) is 26.2. The molecule has 0 bridgehead atoms. The Morgan fingerprint density at radius 2 is 0.364 bits per heavy atom. The summed E-state index contributed by atoms with van der Waals surface area (Å²) in [7, 11) is 0. The second-order valence-electron chi connectivity index (χ2n) is 12.2. The Morgan fingerprint density at radius 1 is 0.236 bits per heavy atom. The highest BCUT2D eigenvalue weighted by atomic mass is 14.5. The quantitative estimate of drug-likeness (QED) is 0.174. The van der Waals surface area contributed by atoms with Gasteiger partial charge in [0.1, 0.15) is 0 Å². The fourth-order valence-corrected chi connectivity index (χ4v) is 5.90. The topological polar surface area (TPSA) is 0 Å². The van der Waals surface area contributed by atoms with Crippen LogP contribution in [-0.2, 0) is 0 Å². The standard InChI is InChI=1S/C29H60.13C2H6/c1-16-18(3)20(5)22(7)24(9)26(11)28(13)29(14,15)27(12)25(10)23(8)21(6)19(4)17-2;13*1-2/h18-28H,16-17H2,1-15H3;13*1-2H3. The fourth-order valence-electron chi connectivity index (χ4n) is 5.90. The molecule has 0 radical (unpaired) electrons. The zero-order chi connectivity index (χ0) is 49.3. The van der Waals surface area contributed by atoms with E-state index >= 15 is 0 Å². The van der Waals surface area contributed by atoms with Gasteiger partial charge in [-0.1, -0.05) is 297 Å². The van der Waals surface area contributed by atoms with Crippen LogP contribution in [0.4, 0.5) is 0 Å². The van der Waals surface area contributed by atoms with Gasteiger partial charge < -0.3 is 0 Å². The van der Waals surface area contributed by atoms with Gasteiger partial charge in [0.25, 0.3) is 0 Å². The maximum atomic E-state index is 2.56. The van der Waals surface area contributed by atoms with Crippen molar-refractivity contribution in [1.82, 2.24) is 0 Å². The van der Waals surface area contributed by atoms with Crippen LogP contribution in [0, 0.1) is 70.5 Å². The van der Waals surface area contributed by atoms with Gasteiger partial charge in [-0.25, -0.2) is 0 Å². The summed E-state index contributed by atoms with van der Waals surface area (Å²) in [5.74, 6) is 8.57. The predicted molar refractivity (Wildman–Crippen MR) is 283 cm³/mol. The van der Waals surface area contributed by atoms with Crippen molar-refractivity contribution in [2.45, 2.75) is 297 Å². The Labute approximate surface area is 366 Å². The van der Waals surface area contributed by atoms with Crippen LogP contribution in [0.2, 0.25) is 0 Å². The summed E-state index contributed by atoms with van der Waals surface area (Å²) in [4.78, 5) is 0. The molecule has 0 saturated heterocycles. The highest BCUT2D eigenvalue weighted by Crippen LogP contribution is 2.48. The zero-order valence-electron chi connectivity index (χ0n) is 49.3. The van der Waals surface area contributed by atoms with Crippen molar-refractivity contribution >= 4 is 0 Å². The van der Waals surface area contributed by atoms with E-state index in [9.17, 15) is 0 Å². The molecule has 0 fully saturated rings. The van der Waals surface area contributed by atoms with Gasteiger partial charge in [0, 0.05) is 0 Å². The second-order valence-corrected chi connectivity index (χ2v) is 12.2. The summed E-state index contributed by atoms with van der Waals surface area (Å²) in [6.07, 6.45) is 2.60. The molecule has 0 aliphatic rings. The lowest BCUT2D eigenvalue weighted by atomic mass is 9.57. The van der Waals surface area contributed by atoms with E-state index in [1.54, 1.807) is 0 Å². The number of hydrogen-bond acceptors (Lipinski definition) is 0. The normalized spacial score (nSPS) is 14.3. The first-order valence-corrected chi connectivity index (χ1v) is 26.2. The van der Waals surface area contributed by atoms with Crippen molar-refractivity contribution in [3.05, 3.63) is 0 Å². The molecule has 0 aliphatic carbocycles. The van der Waals surface area contributed by atoms with E-state index in [2.05, 4.69) is 104 Å². The number of rotatable bonds is 13. The average molecular weight is 800 g/mol. The fraction of sp³-hybridized carbons (Fsp3) is 1.00. The Morgan fingerprint density at radius 3 is 0.509 bits per heavy atom. The van der Waals surface area contributed by atoms with E-state index in [4.69, 9.17) is 0 Å². The summed E-state index contributed by atoms with van der Waals surface area (Å²) in [6.45, 7) is 89.4. The van der Waals surface area contributed by atoms with Crippen molar-refractivity contribution in [3.63, 3.8) is 0 Å². The lowest BCUT2D eigenvalue weighted by Crippen LogP contribution is -2.41. The van der Waals surface area contributed by atoms with Gasteiger partial charge in [0.15, 0.2) is 0 Å². The molecular formula is C55H138. The smallest absolute Gasteiger partial charge is 0.0298 e. The van der Waals surface area contributed by atoms with Crippen LogP contribution in [0.3, 0.4) is 0 Å². The lowest BCUT2D eigenvalue weighted by Gasteiger charge is -2.48. The maximum Gasteiger partial charge on any atom is -0.0298 e. The summed E-state index contributed by atoms with van der Waals surface area (Å²) < 4.78 is 0. The van der Waals surface area contributed by atoms with Gasteiger partial charge in [-0.05, 0) is 70.5 Å². The minimum atomic E-state index is 0.357. The minimum absolute atomic E-state index is 0.357. The largest absolute Gasteiger partial charge is 0.0683 e. The van der Waals surface area contributed by atoms with E-state index in [1.165, 1.54) is 12.8 Å². The lowest BCUT2D eigenvalue weighted by molar-refractivity contribution is 0.00573. The molecule has 0 amide bonds. The van der Waals surface area contributed by atoms with Crippen LogP contribution < -0.4 is 0 Å². The van der Waals surface area contributed by atoms with Crippen LogP contribution in [0.1, 0.15) is 297 Å². The van der Waals surface area contributed by atoms with E-state index in [1.807, 2.05) is 180 Å². The summed E-state index contributed by atoms with van der Waals surface area (Å²) >= 11 is 0. The molecule has 0 nitrogen and oxygen atoms in total. The van der Waals surface area contributed by atoms with Gasteiger partial charge in [-0.2, -0.15) is 0 Å². The third-order valence-electron chi connectivity index (χ3n) is 11.2. The Bertz CT molecular complexity index is 435. The summed E-state index contributed by atoms with van der Waals surface area (Å²) in [5, 5.41) is 0. The molecule has 11 atom stereocenters. The molecule has 0 aromatic heterocycles. The predicted octanol–water partition coefficient (Wildman–Crippen LogP) is 23.2. The molecule has 0 spiro atoms. The molecule has 0 rings (SSSR count). The maximum absolute atomic E-state index is 2.56. The molecule has 0 N–H and O–H groups in total. The molecular weight excluding hydrogens is 661 g/mol. The van der Waals surface area contributed by atoms with Gasteiger partial charge in [-0.15, -0.1) is 0 Å². The minimum Gasteiger partial charge on any atom is -0.0683 e. The molecule has 0 aromatic rings. The third-order valence-corrected chi connectivity index (χ3v) is 11.2. The molecule has 0 heteroatoms. The average Bonchev–Trinajstić information content (AvgIpc) is 3.31. The van der Waals surface area contributed by atoms with E-state index in [-0.39, 0.29) is 0 Å². The van der Waals surface area contributed by atoms with Crippen LogP contribution >= 0.6 is 0 Å². The summed E-state index contributed by atoms with van der Waals surface area (Å²) in [6, 6.07) is 0. The van der Waals surface area contributed by atoms with E-state index in [0.717, 1.165) is 65.1 Å². The Balaban J connectivity index is -0.0000000452. The molecule has 0 saturated carbocycles. The van der Waals surface area contributed by atoms with Crippen molar-refractivity contribution in [2.75, 3.05) is 0 Å². The first kappa shape index (κ1) is 95.4. The first-order chi connectivity index (χ1) is 26.2. The van der Waals surface area contributed by atoms with E-state index in [0.29, 0.717) is 5.41 Å². The molecule has 358 valence electrons. The zero-order valence-corrected chi connectivity index (χ0v) is 49.3. The van der Waals surface area contributed by atoms with Crippen LogP contribution in [0.5, 0.6) is 0 Å². The third kappa shape index (κ3) is 54.0. The van der Waals surface area contributed by atoms with Crippen molar-refractivity contribution in [3.8, 4) is 0 Å². The van der Waals surface area contributed by atoms with Gasteiger partial charge in [0.2, 0.25) is 0 Å².